The largest absolute Gasteiger partial charge is 0.388 e. The van der Waals surface area contributed by atoms with Crippen molar-refractivity contribution >= 4 is 29.1 Å². The Hall–Kier alpha value is -2.02. The predicted molar refractivity (Wildman–Crippen MR) is 73.3 cm³/mol. The average Bonchev–Trinajstić information content (AvgIpc) is 2.52. The van der Waals surface area contributed by atoms with Crippen molar-refractivity contribution in [3.8, 4) is 0 Å². The molecule has 0 aromatic carbocycles. The van der Waals surface area contributed by atoms with Crippen molar-refractivity contribution in [2.75, 3.05) is 0 Å². The minimum atomic E-state index is -0.886. The fourth-order valence-corrected chi connectivity index (χ4v) is 2.10. The van der Waals surface area contributed by atoms with Gasteiger partial charge in [-0.1, -0.05) is 18.3 Å². The van der Waals surface area contributed by atoms with Crippen LogP contribution < -0.4 is 11.1 Å². The van der Waals surface area contributed by atoms with Crippen LogP contribution in [0.3, 0.4) is 0 Å². The van der Waals surface area contributed by atoms with E-state index in [1.54, 1.807) is 32.2 Å². The lowest BCUT2D eigenvalue weighted by atomic mass is 10.1. The number of carbonyl (C=O) groups is 2. The molecule has 0 saturated carbocycles. The highest BCUT2D eigenvalue weighted by molar-refractivity contribution is 7.80. The molecule has 1 fully saturated rings. The molecule has 1 aromatic heterocycles. The molecule has 2 rings (SSSR count). The van der Waals surface area contributed by atoms with E-state index in [-0.39, 0.29) is 17.4 Å². The Morgan fingerprint density at radius 2 is 2.21 bits per heavy atom. The van der Waals surface area contributed by atoms with Crippen molar-refractivity contribution in [2.45, 2.75) is 25.9 Å². The molecule has 100 valence electrons. The molecular weight excluding hydrogens is 264 g/mol. The highest BCUT2D eigenvalue weighted by Gasteiger charge is 2.44. The summed E-state index contributed by atoms with van der Waals surface area (Å²) in [6.45, 7) is 3.42. The van der Waals surface area contributed by atoms with Crippen LogP contribution in [0.25, 0.3) is 0 Å². The van der Waals surface area contributed by atoms with E-state index in [1.807, 2.05) is 0 Å². The summed E-state index contributed by atoms with van der Waals surface area (Å²) >= 11 is 4.91. The van der Waals surface area contributed by atoms with Gasteiger partial charge in [0, 0.05) is 11.8 Å². The van der Waals surface area contributed by atoms with Crippen LogP contribution in [-0.2, 0) is 11.3 Å². The van der Waals surface area contributed by atoms with Gasteiger partial charge < -0.3 is 11.1 Å². The van der Waals surface area contributed by atoms with Gasteiger partial charge in [-0.05, 0) is 19.9 Å². The number of hydrogen-bond acceptors (Lipinski definition) is 4. The third-order valence-corrected chi connectivity index (χ3v) is 3.09. The zero-order valence-electron chi connectivity index (χ0n) is 10.6. The van der Waals surface area contributed by atoms with Gasteiger partial charge in [-0.3, -0.25) is 14.7 Å². The molecule has 1 aliphatic heterocycles. The number of rotatable bonds is 3. The van der Waals surface area contributed by atoms with Crippen LogP contribution in [0.4, 0.5) is 4.79 Å². The fourth-order valence-electron chi connectivity index (χ4n) is 1.92. The van der Waals surface area contributed by atoms with E-state index in [2.05, 4.69) is 10.3 Å². The number of pyridine rings is 1. The molecule has 0 aliphatic carbocycles. The number of nitrogens with zero attached hydrogens (tertiary/aromatic N) is 2. The minimum Gasteiger partial charge on any atom is -0.388 e. The van der Waals surface area contributed by atoms with E-state index >= 15 is 0 Å². The number of aromatic nitrogens is 1. The standard InChI is InChI=1S/C12H14N4O2S/c1-12(2)10(17)16(11(18)15-12)6-7-4-3-5-14-8(7)9(13)19/h3-5H,6H2,1-2H3,(H2,13,19)(H,15,18). The summed E-state index contributed by atoms with van der Waals surface area (Å²) < 4.78 is 0. The predicted octanol–water partition coefficient (Wildman–Crippen LogP) is 0.546. The van der Waals surface area contributed by atoms with Crippen molar-refractivity contribution in [1.29, 1.82) is 0 Å². The number of urea groups is 1. The van der Waals surface area contributed by atoms with E-state index in [4.69, 9.17) is 18.0 Å². The number of amides is 3. The molecule has 1 aromatic rings. The molecule has 0 bridgehead atoms. The first-order valence-electron chi connectivity index (χ1n) is 5.71. The maximum Gasteiger partial charge on any atom is 0.325 e. The summed E-state index contributed by atoms with van der Waals surface area (Å²) in [7, 11) is 0. The molecular formula is C12H14N4O2S. The van der Waals surface area contributed by atoms with E-state index in [1.165, 1.54) is 0 Å². The van der Waals surface area contributed by atoms with Crippen molar-refractivity contribution in [1.82, 2.24) is 15.2 Å². The Bertz CT molecular complexity index is 571. The average molecular weight is 278 g/mol. The van der Waals surface area contributed by atoms with Gasteiger partial charge in [0.05, 0.1) is 6.54 Å². The lowest BCUT2D eigenvalue weighted by Gasteiger charge is -2.17. The number of nitrogens with two attached hydrogens (primary N) is 1. The molecule has 0 radical (unpaired) electrons. The molecule has 0 spiro atoms. The van der Waals surface area contributed by atoms with E-state index in [0.717, 1.165) is 4.90 Å². The molecule has 1 aliphatic rings. The van der Waals surface area contributed by atoms with E-state index in [9.17, 15) is 9.59 Å². The van der Waals surface area contributed by atoms with Gasteiger partial charge in [0.25, 0.3) is 5.91 Å². The maximum atomic E-state index is 12.1. The summed E-state index contributed by atoms with van der Waals surface area (Å²) in [5.74, 6) is -0.282. The Kier molecular flexibility index (Phi) is 3.23. The molecule has 2 heterocycles. The van der Waals surface area contributed by atoms with Crippen molar-refractivity contribution in [3.63, 3.8) is 0 Å². The second-order valence-electron chi connectivity index (χ2n) is 4.82. The number of imide groups is 1. The molecule has 0 unspecified atom stereocenters. The maximum absolute atomic E-state index is 12.1. The van der Waals surface area contributed by atoms with Gasteiger partial charge in [0.2, 0.25) is 0 Å². The van der Waals surface area contributed by atoms with Crippen LogP contribution in [0.5, 0.6) is 0 Å². The van der Waals surface area contributed by atoms with Crippen LogP contribution in [0, 0.1) is 0 Å². The number of carbonyl (C=O) groups excluding carboxylic acids is 2. The summed E-state index contributed by atoms with van der Waals surface area (Å²) in [6, 6.07) is 3.03. The second kappa shape index (κ2) is 4.58. The monoisotopic (exact) mass is 278 g/mol. The molecule has 19 heavy (non-hydrogen) atoms. The van der Waals surface area contributed by atoms with Gasteiger partial charge in [0.1, 0.15) is 16.2 Å². The van der Waals surface area contributed by atoms with Crippen LogP contribution >= 0.6 is 12.2 Å². The topological polar surface area (TPSA) is 88.3 Å². The first kappa shape index (κ1) is 13.4. The first-order chi connectivity index (χ1) is 8.83. The summed E-state index contributed by atoms with van der Waals surface area (Å²) in [6.07, 6.45) is 1.56. The molecule has 0 atom stereocenters. The highest BCUT2D eigenvalue weighted by atomic mass is 32.1. The van der Waals surface area contributed by atoms with E-state index in [0.29, 0.717) is 11.3 Å². The zero-order valence-corrected chi connectivity index (χ0v) is 11.5. The lowest BCUT2D eigenvalue weighted by molar-refractivity contribution is -0.130. The quantitative estimate of drug-likeness (QED) is 0.622. The van der Waals surface area contributed by atoms with Crippen LogP contribution in [0.15, 0.2) is 18.3 Å². The van der Waals surface area contributed by atoms with Crippen LogP contribution in [0.2, 0.25) is 0 Å². The third-order valence-electron chi connectivity index (χ3n) is 2.90. The minimum absolute atomic E-state index is 0.106. The summed E-state index contributed by atoms with van der Waals surface area (Å²) in [4.78, 5) is 29.2. The van der Waals surface area contributed by atoms with Gasteiger partial charge in [-0.2, -0.15) is 0 Å². The third kappa shape index (κ3) is 2.41. The van der Waals surface area contributed by atoms with Crippen LogP contribution in [0.1, 0.15) is 25.1 Å². The molecule has 3 amide bonds. The van der Waals surface area contributed by atoms with Crippen LogP contribution in [-0.4, -0.2) is 32.3 Å². The highest BCUT2D eigenvalue weighted by Crippen LogP contribution is 2.20. The SMILES string of the molecule is CC1(C)NC(=O)N(Cc2cccnc2C(N)=S)C1=O. The Balaban J connectivity index is 2.30. The smallest absolute Gasteiger partial charge is 0.325 e. The molecule has 7 heteroatoms. The number of nitrogens with one attached hydrogen (secondary N) is 1. The number of hydrogen-bond donors (Lipinski definition) is 2. The van der Waals surface area contributed by atoms with Crippen molar-refractivity contribution in [3.05, 3.63) is 29.6 Å². The van der Waals surface area contributed by atoms with Gasteiger partial charge >= 0.3 is 6.03 Å². The Morgan fingerprint density at radius 1 is 1.53 bits per heavy atom. The lowest BCUT2D eigenvalue weighted by Crippen LogP contribution is -2.40. The molecule has 6 nitrogen and oxygen atoms in total. The summed E-state index contributed by atoms with van der Waals surface area (Å²) in [5, 5.41) is 2.61. The molecule has 1 saturated heterocycles. The Labute approximate surface area is 116 Å². The number of thiocarbonyl (C=S) groups is 1. The normalized spacial score (nSPS) is 17.5. The first-order valence-corrected chi connectivity index (χ1v) is 6.11. The Morgan fingerprint density at radius 3 is 2.74 bits per heavy atom. The zero-order chi connectivity index (χ0) is 14.2. The van der Waals surface area contributed by atoms with Crippen molar-refractivity contribution < 1.29 is 9.59 Å². The van der Waals surface area contributed by atoms with E-state index < -0.39 is 11.6 Å². The molecule has 3 N–H and O–H groups in total. The van der Waals surface area contributed by atoms with Gasteiger partial charge in [-0.25, -0.2) is 4.79 Å². The van der Waals surface area contributed by atoms with Gasteiger partial charge in [0.15, 0.2) is 0 Å². The summed E-state index contributed by atoms with van der Waals surface area (Å²) in [5.41, 5.74) is 5.77. The second-order valence-corrected chi connectivity index (χ2v) is 5.26. The van der Waals surface area contributed by atoms with Crippen molar-refractivity contribution in [2.24, 2.45) is 5.73 Å². The van der Waals surface area contributed by atoms with Gasteiger partial charge in [-0.15, -0.1) is 0 Å². The fraction of sp³-hybridized carbons (Fsp3) is 0.333.